The number of carbonyl (C=O) groups excluding carboxylic acids is 3. The van der Waals surface area contributed by atoms with Crippen LogP contribution in [0.4, 0.5) is 0 Å². The van der Waals surface area contributed by atoms with E-state index in [9.17, 15) is 19.5 Å². The van der Waals surface area contributed by atoms with Crippen LogP contribution in [0, 0.1) is 0 Å². The molecule has 0 radical (unpaired) electrons. The van der Waals surface area contributed by atoms with Crippen LogP contribution in [0.25, 0.3) is 0 Å². The highest BCUT2D eigenvalue weighted by Crippen LogP contribution is 2.19. The van der Waals surface area contributed by atoms with Gasteiger partial charge in [-0.2, -0.15) is 0 Å². The van der Waals surface area contributed by atoms with E-state index in [4.69, 9.17) is 18.9 Å². The Morgan fingerprint density at radius 1 is 0.333 bits per heavy atom. The molecule has 0 aliphatic carbocycles. The summed E-state index contributed by atoms with van der Waals surface area (Å²) < 4.78 is 22.9. The predicted octanol–water partition coefficient (Wildman–Crippen LogP) is 23.8. The number of rotatable bonds is 73. The maximum atomic E-state index is 13.0. The van der Waals surface area contributed by atoms with Crippen molar-refractivity contribution in [1.82, 2.24) is 0 Å². The number of hydrogen-bond acceptors (Lipinski definition) is 8. The first-order valence-corrected chi connectivity index (χ1v) is 39.4. The third kappa shape index (κ3) is 75.5. The number of carboxylic acid groups (broad SMARTS) is 1. The fraction of sp³-hybridized carbons (Fsp3) is 0.774. The molecule has 93 heavy (non-hydrogen) atoms. The van der Waals surface area contributed by atoms with Crippen LogP contribution in [0.5, 0.6) is 0 Å². The van der Waals surface area contributed by atoms with Gasteiger partial charge in [0.2, 0.25) is 0 Å². The molecule has 2 atom stereocenters. The zero-order chi connectivity index (χ0) is 67.5. The van der Waals surface area contributed by atoms with Gasteiger partial charge in [-0.25, -0.2) is 0 Å². The molecule has 0 rings (SSSR count). The van der Waals surface area contributed by atoms with Crippen LogP contribution in [-0.2, 0) is 33.3 Å². The molecule has 0 aromatic heterocycles. The Kier molecular flexibility index (Phi) is 71.0. The average molecular weight is 1300 g/mol. The van der Waals surface area contributed by atoms with E-state index in [-0.39, 0.29) is 32.2 Å². The Balaban J connectivity index is 4.02. The first-order chi connectivity index (χ1) is 45.6. The number of aliphatic carboxylic acids is 1. The van der Waals surface area contributed by atoms with E-state index in [0.717, 1.165) is 77.0 Å². The molecule has 0 aliphatic rings. The third-order valence-corrected chi connectivity index (χ3v) is 17.3. The number of allylic oxidation sites excluding steroid dienone is 16. The summed E-state index contributed by atoms with van der Waals surface area (Å²) in [6, 6.07) is 0. The fourth-order valence-corrected chi connectivity index (χ4v) is 11.3. The minimum atomic E-state index is -1.62. The highest BCUT2D eigenvalue weighted by atomic mass is 16.7. The number of esters is 2. The Labute approximate surface area is 575 Å². The molecular weight excluding hydrogens is 1150 g/mol. The topological polar surface area (TPSA) is 111 Å². The van der Waals surface area contributed by atoms with Crippen molar-refractivity contribution >= 4 is 17.9 Å². The lowest BCUT2D eigenvalue weighted by Crippen LogP contribution is -2.44. The molecule has 0 aromatic rings. The molecule has 0 bridgehead atoms. The Morgan fingerprint density at radius 3 is 0.914 bits per heavy atom. The lowest BCUT2D eigenvalue weighted by molar-refractivity contribution is -0.870. The van der Waals surface area contributed by atoms with Gasteiger partial charge in [-0.05, 0) is 96.3 Å². The van der Waals surface area contributed by atoms with E-state index in [2.05, 4.69) is 111 Å². The van der Waals surface area contributed by atoms with Gasteiger partial charge in [-0.3, -0.25) is 9.59 Å². The molecule has 0 fully saturated rings. The van der Waals surface area contributed by atoms with Crippen LogP contribution in [-0.4, -0.2) is 82.3 Å². The van der Waals surface area contributed by atoms with Crippen molar-refractivity contribution in [2.45, 2.75) is 373 Å². The maximum absolute atomic E-state index is 13.0. The molecule has 9 heteroatoms. The number of hydrogen-bond donors (Lipinski definition) is 0. The molecule has 538 valence electrons. The largest absolute Gasteiger partial charge is 0.545 e. The molecule has 0 N–H and O–H groups in total. The normalized spacial score (nSPS) is 13.2. The Hall–Kier alpha value is -3.79. The van der Waals surface area contributed by atoms with E-state index in [1.165, 1.54) is 250 Å². The van der Waals surface area contributed by atoms with Crippen molar-refractivity contribution in [2.75, 3.05) is 47.5 Å². The Morgan fingerprint density at radius 2 is 0.613 bits per heavy atom. The number of quaternary nitrogens is 1. The van der Waals surface area contributed by atoms with Gasteiger partial charge < -0.3 is 33.3 Å². The number of nitrogens with zero attached hydrogens (tertiary/aromatic N) is 1. The number of unbranched alkanes of at least 4 members (excludes halogenated alkanes) is 42. The number of ether oxygens (including phenoxy) is 4. The standard InChI is InChI=1S/C84H149NO8/c1-6-8-10-12-14-16-18-20-22-24-26-28-30-32-34-36-38-40-41-43-45-47-49-51-53-55-57-59-61-63-65-67-69-71-73-75-82(87)93-80(79-92-84(83(88)89)90-77-76-85(3,4)5)78-91-81(86)74-72-70-68-66-64-62-60-58-56-54-52-50-48-46-44-42-39-37-35-33-31-29-27-25-23-21-19-17-15-13-11-9-7-2/h8,10,14,16,19-22,25-28,32,34,38,40,80,84H,6-7,9,11-13,15,17-18,23-24,29-31,33,35-37,39,41-79H2,1-5H3/b10-8-,16-14-,21-19-,22-20-,27-25-,28-26-,34-32-,40-38-. The molecule has 0 aliphatic heterocycles. The van der Waals surface area contributed by atoms with Gasteiger partial charge >= 0.3 is 11.9 Å². The van der Waals surface area contributed by atoms with Crippen molar-refractivity contribution in [3.8, 4) is 0 Å². The molecule has 9 nitrogen and oxygen atoms in total. The fourth-order valence-electron chi connectivity index (χ4n) is 11.3. The van der Waals surface area contributed by atoms with Crippen molar-refractivity contribution in [3.05, 3.63) is 97.2 Å². The van der Waals surface area contributed by atoms with Crippen LogP contribution in [0.3, 0.4) is 0 Å². The van der Waals surface area contributed by atoms with E-state index in [0.29, 0.717) is 23.9 Å². The summed E-state index contributed by atoms with van der Waals surface area (Å²) in [6.45, 7) is 4.67. The van der Waals surface area contributed by atoms with E-state index < -0.39 is 24.3 Å². The average Bonchev–Trinajstić information content (AvgIpc) is 3.74. The highest BCUT2D eigenvalue weighted by Gasteiger charge is 2.22. The van der Waals surface area contributed by atoms with Crippen molar-refractivity contribution < 1.29 is 42.9 Å². The molecule has 2 unspecified atom stereocenters. The van der Waals surface area contributed by atoms with E-state index in [1.54, 1.807) is 0 Å². The summed E-state index contributed by atoms with van der Waals surface area (Å²) in [5, 5.41) is 11.9. The first kappa shape index (κ1) is 89.2. The second-order valence-corrected chi connectivity index (χ2v) is 27.6. The van der Waals surface area contributed by atoms with Gasteiger partial charge in [-0.15, -0.1) is 0 Å². The van der Waals surface area contributed by atoms with E-state index >= 15 is 0 Å². The molecular formula is C84H149NO8. The van der Waals surface area contributed by atoms with Crippen LogP contribution in [0.1, 0.15) is 361 Å². The van der Waals surface area contributed by atoms with Crippen molar-refractivity contribution in [1.29, 1.82) is 0 Å². The zero-order valence-corrected chi connectivity index (χ0v) is 61.6. The SMILES string of the molecule is CC/C=C\C/C=C\C/C=C\C/C=C\C/C=C\C/C=C\CCCCCCCCCCCCCCCCCCC(=O)OC(COC(=O)CCCCCCCCCCCCCCCCCCCCCCC/C=C\C/C=C\CCCCCCC)COC(OCC[N+](C)(C)C)C(=O)[O-]. The molecule has 0 aromatic carbocycles. The zero-order valence-electron chi connectivity index (χ0n) is 61.6. The van der Waals surface area contributed by atoms with Gasteiger partial charge in [0.15, 0.2) is 12.4 Å². The van der Waals surface area contributed by atoms with Crippen molar-refractivity contribution in [3.63, 3.8) is 0 Å². The second-order valence-electron chi connectivity index (χ2n) is 27.6. The van der Waals surface area contributed by atoms with E-state index in [1.807, 2.05) is 21.1 Å². The summed E-state index contributed by atoms with van der Waals surface area (Å²) in [7, 11) is 5.94. The second kappa shape index (κ2) is 74.0. The lowest BCUT2D eigenvalue weighted by Gasteiger charge is -2.26. The van der Waals surface area contributed by atoms with Crippen LogP contribution >= 0.6 is 0 Å². The maximum Gasteiger partial charge on any atom is 0.306 e. The number of carboxylic acids is 1. The van der Waals surface area contributed by atoms with Gasteiger partial charge in [0.1, 0.15) is 13.2 Å². The van der Waals surface area contributed by atoms with Crippen LogP contribution in [0.2, 0.25) is 0 Å². The summed E-state index contributed by atoms with van der Waals surface area (Å²) in [5.41, 5.74) is 0. The summed E-state index contributed by atoms with van der Waals surface area (Å²) in [4.78, 5) is 37.6. The Bertz CT molecular complexity index is 1850. The highest BCUT2D eigenvalue weighted by molar-refractivity contribution is 5.70. The summed E-state index contributed by atoms with van der Waals surface area (Å²) in [5.74, 6) is -2.26. The smallest absolute Gasteiger partial charge is 0.306 e. The van der Waals surface area contributed by atoms with Gasteiger partial charge in [-0.1, -0.05) is 349 Å². The van der Waals surface area contributed by atoms with Gasteiger partial charge in [0.05, 0.1) is 40.3 Å². The monoisotopic (exact) mass is 1300 g/mol. The molecule has 0 saturated heterocycles. The predicted molar refractivity (Wildman–Crippen MR) is 398 cm³/mol. The van der Waals surface area contributed by atoms with Crippen LogP contribution in [0.15, 0.2) is 97.2 Å². The van der Waals surface area contributed by atoms with Crippen LogP contribution < -0.4 is 5.11 Å². The lowest BCUT2D eigenvalue weighted by atomic mass is 10.0. The first-order valence-electron chi connectivity index (χ1n) is 39.4. The van der Waals surface area contributed by atoms with Crippen molar-refractivity contribution in [2.24, 2.45) is 0 Å². The minimum Gasteiger partial charge on any atom is -0.545 e. The van der Waals surface area contributed by atoms with Gasteiger partial charge in [0.25, 0.3) is 0 Å². The number of carbonyl (C=O) groups is 3. The quantitative estimate of drug-likeness (QED) is 0.0195. The summed E-state index contributed by atoms with van der Waals surface area (Å²) >= 11 is 0. The van der Waals surface area contributed by atoms with Gasteiger partial charge in [0, 0.05) is 12.8 Å². The summed E-state index contributed by atoms with van der Waals surface area (Å²) in [6.07, 6.45) is 99.5. The minimum absolute atomic E-state index is 0.147. The molecule has 0 amide bonds. The third-order valence-electron chi connectivity index (χ3n) is 17.3. The molecule has 0 spiro atoms. The number of likely N-dealkylation sites (N-methyl/N-ethyl adjacent to an activating group) is 1. The molecule has 0 saturated carbocycles. The molecule has 0 heterocycles.